The van der Waals surface area contributed by atoms with Crippen molar-refractivity contribution in [3.05, 3.63) is 112 Å². The minimum absolute atomic E-state index is 0.0807. The number of carbonyl (C=O) groups is 2. The van der Waals surface area contributed by atoms with E-state index in [-0.39, 0.29) is 29.3 Å². The van der Waals surface area contributed by atoms with E-state index >= 15 is 0 Å². The molecule has 1 fully saturated rings. The highest BCUT2D eigenvalue weighted by Gasteiger charge is 2.35. The number of aryl methyl sites for hydroxylation is 1. The Labute approximate surface area is 205 Å². The van der Waals surface area contributed by atoms with Gasteiger partial charge in [0.15, 0.2) is 0 Å². The molecule has 0 unspecified atom stereocenters. The standard InChI is InChI=1S/C28H22F2N2O2S/c1-2-19-7-5-8-23-21(17-31(26(19)23)16-20-6-3-4-9-24(20)30)14-25-27(33)32(28(34)35-25)15-18-10-12-22(29)13-11-18/h3-14,17H,2,15-16H2,1H3/b25-14-. The number of thioether (sulfide) groups is 1. The Morgan fingerprint density at radius 3 is 2.37 bits per heavy atom. The molecule has 0 atom stereocenters. The summed E-state index contributed by atoms with van der Waals surface area (Å²) >= 11 is 0.888. The predicted molar refractivity (Wildman–Crippen MR) is 135 cm³/mol. The van der Waals surface area contributed by atoms with Crippen LogP contribution in [0.4, 0.5) is 13.6 Å². The summed E-state index contributed by atoms with van der Waals surface area (Å²) in [5, 5.41) is 0.570. The molecule has 0 aliphatic carbocycles. The first-order chi connectivity index (χ1) is 16.9. The fourth-order valence-corrected chi connectivity index (χ4v) is 5.18. The van der Waals surface area contributed by atoms with E-state index in [1.54, 1.807) is 30.3 Å². The zero-order valence-electron chi connectivity index (χ0n) is 19.0. The maximum absolute atomic E-state index is 14.4. The van der Waals surface area contributed by atoms with Crippen LogP contribution in [0.3, 0.4) is 0 Å². The third-order valence-electron chi connectivity index (χ3n) is 6.11. The first-order valence-corrected chi connectivity index (χ1v) is 12.1. The molecular weight excluding hydrogens is 466 g/mol. The number of hydrogen-bond acceptors (Lipinski definition) is 3. The molecule has 1 saturated heterocycles. The van der Waals surface area contributed by atoms with E-state index < -0.39 is 0 Å². The monoisotopic (exact) mass is 488 g/mol. The summed E-state index contributed by atoms with van der Waals surface area (Å²) in [7, 11) is 0. The van der Waals surface area contributed by atoms with Gasteiger partial charge in [0.2, 0.25) is 0 Å². The van der Waals surface area contributed by atoms with Crippen LogP contribution in [0.25, 0.3) is 17.0 Å². The zero-order valence-corrected chi connectivity index (χ0v) is 19.8. The molecule has 1 aromatic heterocycles. The number of fused-ring (bicyclic) bond motifs is 1. The van der Waals surface area contributed by atoms with Crippen molar-refractivity contribution in [3.8, 4) is 0 Å². The lowest BCUT2D eigenvalue weighted by Crippen LogP contribution is -2.27. The maximum Gasteiger partial charge on any atom is 0.293 e. The minimum atomic E-state index is -0.383. The summed E-state index contributed by atoms with van der Waals surface area (Å²) in [4.78, 5) is 27.2. The van der Waals surface area contributed by atoms with Crippen molar-refractivity contribution in [2.24, 2.45) is 0 Å². The maximum atomic E-state index is 14.4. The van der Waals surface area contributed by atoms with Gasteiger partial charge in [0.05, 0.1) is 23.5 Å². The number of para-hydroxylation sites is 1. The van der Waals surface area contributed by atoms with E-state index in [0.717, 1.165) is 40.2 Å². The predicted octanol–water partition coefficient (Wildman–Crippen LogP) is 6.77. The van der Waals surface area contributed by atoms with Gasteiger partial charge < -0.3 is 4.57 Å². The largest absolute Gasteiger partial charge is 0.342 e. The minimum Gasteiger partial charge on any atom is -0.342 e. The Morgan fingerprint density at radius 1 is 0.886 bits per heavy atom. The van der Waals surface area contributed by atoms with Gasteiger partial charge in [-0.15, -0.1) is 0 Å². The summed E-state index contributed by atoms with van der Waals surface area (Å²) < 4.78 is 29.6. The summed E-state index contributed by atoms with van der Waals surface area (Å²) in [6.07, 6.45) is 4.44. The Morgan fingerprint density at radius 2 is 1.63 bits per heavy atom. The zero-order chi connectivity index (χ0) is 24.5. The highest BCUT2D eigenvalue weighted by Crippen LogP contribution is 2.36. The molecule has 0 bridgehead atoms. The number of hydrogen-bond donors (Lipinski definition) is 0. The molecular formula is C28H22F2N2O2S. The van der Waals surface area contributed by atoms with Gasteiger partial charge in [0.25, 0.3) is 11.1 Å². The second-order valence-corrected chi connectivity index (χ2v) is 9.36. The van der Waals surface area contributed by atoms with Crippen LogP contribution in [-0.2, 0) is 24.3 Å². The van der Waals surface area contributed by atoms with Gasteiger partial charge >= 0.3 is 0 Å². The number of amides is 2. The highest BCUT2D eigenvalue weighted by atomic mass is 32.2. The van der Waals surface area contributed by atoms with E-state index in [1.807, 2.05) is 35.0 Å². The van der Waals surface area contributed by atoms with Crippen LogP contribution in [0.5, 0.6) is 0 Å². The summed E-state index contributed by atoms with van der Waals surface area (Å²) in [6.45, 7) is 2.49. The molecule has 5 rings (SSSR count). The van der Waals surface area contributed by atoms with Gasteiger partial charge in [-0.2, -0.15) is 0 Å². The third-order valence-corrected chi connectivity index (χ3v) is 7.01. The van der Waals surface area contributed by atoms with Crippen LogP contribution < -0.4 is 0 Å². The average Bonchev–Trinajstić information content (AvgIpc) is 3.33. The van der Waals surface area contributed by atoms with Gasteiger partial charge in [0.1, 0.15) is 11.6 Å². The van der Waals surface area contributed by atoms with E-state index in [9.17, 15) is 18.4 Å². The average molecular weight is 489 g/mol. The second kappa shape index (κ2) is 9.50. The number of aromatic nitrogens is 1. The molecule has 4 nitrogen and oxygen atoms in total. The van der Waals surface area contributed by atoms with Gasteiger partial charge in [-0.3, -0.25) is 14.5 Å². The van der Waals surface area contributed by atoms with Crippen molar-refractivity contribution in [2.45, 2.75) is 26.4 Å². The quantitative estimate of drug-likeness (QED) is 0.282. The van der Waals surface area contributed by atoms with Crippen molar-refractivity contribution < 1.29 is 18.4 Å². The van der Waals surface area contributed by atoms with Gasteiger partial charge in [-0.25, -0.2) is 8.78 Å². The van der Waals surface area contributed by atoms with Crippen molar-refractivity contribution >= 4 is 39.9 Å². The lowest BCUT2D eigenvalue weighted by Gasteiger charge is -2.12. The summed E-state index contributed by atoms with van der Waals surface area (Å²) in [5.74, 6) is -1.03. The SMILES string of the molecule is CCc1cccc2c(/C=C3\SC(=O)N(Cc4ccc(F)cc4)C3=O)cn(Cc3ccccc3F)c12. The molecule has 0 saturated carbocycles. The first-order valence-electron chi connectivity index (χ1n) is 11.3. The van der Waals surface area contributed by atoms with Crippen molar-refractivity contribution in [2.75, 3.05) is 0 Å². The van der Waals surface area contributed by atoms with E-state index in [2.05, 4.69) is 6.92 Å². The number of carbonyl (C=O) groups excluding carboxylic acids is 2. The number of benzene rings is 3. The molecule has 7 heteroatoms. The number of rotatable bonds is 6. The van der Waals surface area contributed by atoms with Crippen LogP contribution >= 0.6 is 11.8 Å². The molecule has 3 aromatic carbocycles. The Kier molecular flexibility index (Phi) is 6.26. The Balaban J connectivity index is 1.51. The third kappa shape index (κ3) is 4.51. The smallest absolute Gasteiger partial charge is 0.293 e. The van der Waals surface area contributed by atoms with Crippen LogP contribution in [-0.4, -0.2) is 20.6 Å². The summed E-state index contributed by atoms with van der Waals surface area (Å²) in [6, 6.07) is 18.4. The topological polar surface area (TPSA) is 42.3 Å². The van der Waals surface area contributed by atoms with Crippen LogP contribution in [0.2, 0.25) is 0 Å². The molecule has 176 valence electrons. The molecule has 0 radical (unpaired) electrons. The van der Waals surface area contributed by atoms with Crippen molar-refractivity contribution in [1.29, 1.82) is 0 Å². The van der Waals surface area contributed by atoms with E-state index in [1.165, 1.54) is 23.1 Å². The van der Waals surface area contributed by atoms with Gasteiger partial charge in [-0.1, -0.05) is 55.5 Å². The van der Waals surface area contributed by atoms with Crippen LogP contribution in [0.15, 0.2) is 77.8 Å². The van der Waals surface area contributed by atoms with Crippen molar-refractivity contribution in [3.63, 3.8) is 0 Å². The Hall–Kier alpha value is -3.71. The summed E-state index contributed by atoms with van der Waals surface area (Å²) in [5.41, 5.74) is 4.13. The van der Waals surface area contributed by atoms with Gasteiger partial charge in [0, 0.05) is 22.7 Å². The molecule has 0 N–H and O–H groups in total. The highest BCUT2D eigenvalue weighted by molar-refractivity contribution is 8.18. The number of halogens is 2. The second-order valence-electron chi connectivity index (χ2n) is 8.36. The lowest BCUT2D eigenvalue weighted by molar-refractivity contribution is -0.123. The number of nitrogens with zero attached hydrogens (tertiary/aromatic N) is 2. The molecule has 2 amide bonds. The fraction of sp³-hybridized carbons (Fsp3) is 0.143. The van der Waals surface area contributed by atoms with Crippen molar-refractivity contribution in [1.82, 2.24) is 9.47 Å². The molecule has 35 heavy (non-hydrogen) atoms. The molecule has 1 aliphatic heterocycles. The number of imide groups is 1. The van der Waals surface area contributed by atoms with Gasteiger partial charge in [-0.05, 0) is 53.6 Å². The van der Waals surface area contributed by atoms with E-state index in [0.29, 0.717) is 22.6 Å². The molecule has 1 aliphatic rings. The van der Waals surface area contributed by atoms with Crippen LogP contribution in [0, 0.1) is 11.6 Å². The molecule has 0 spiro atoms. The molecule has 4 aromatic rings. The van der Waals surface area contributed by atoms with E-state index in [4.69, 9.17) is 0 Å². The Bertz CT molecular complexity index is 1470. The normalized spacial score (nSPS) is 15.1. The lowest BCUT2D eigenvalue weighted by atomic mass is 10.1. The molecule has 2 heterocycles. The first kappa shape index (κ1) is 23.1. The fourth-order valence-electron chi connectivity index (χ4n) is 4.35. The van der Waals surface area contributed by atoms with Crippen LogP contribution in [0.1, 0.15) is 29.2 Å².